The molecule has 98 valence electrons. The van der Waals surface area contributed by atoms with Gasteiger partial charge in [0.15, 0.2) is 0 Å². The minimum Gasteiger partial charge on any atom is -0.338 e. The zero-order chi connectivity index (χ0) is 13.0. The molecule has 2 amide bonds. The van der Waals surface area contributed by atoms with Crippen LogP contribution in [0.2, 0.25) is 10.0 Å². The summed E-state index contributed by atoms with van der Waals surface area (Å²) in [5.41, 5.74) is 0.608. The molecule has 0 bridgehead atoms. The van der Waals surface area contributed by atoms with Crippen LogP contribution in [0.25, 0.3) is 0 Å². The molecule has 0 saturated heterocycles. The van der Waals surface area contributed by atoms with Crippen LogP contribution in [-0.4, -0.2) is 12.6 Å². The Morgan fingerprint density at radius 3 is 2.39 bits per heavy atom. The molecule has 3 nitrogen and oxygen atoms in total. The van der Waals surface area contributed by atoms with Crippen molar-refractivity contribution in [3.63, 3.8) is 0 Å². The van der Waals surface area contributed by atoms with Crippen LogP contribution in [-0.2, 0) is 0 Å². The number of amides is 2. The molecule has 1 aromatic rings. The van der Waals surface area contributed by atoms with E-state index < -0.39 is 0 Å². The highest BCUT2D eigenvalue weighted by Gasteiger charge is 2.15. The number of nitrogens with one attached hydrogen (secondary N) is 2. The highest BCUT2D eigenvalue weighted by atomic mass is 35.5. The molecule has 0 spiro atoms. The van der Waals surface area contributed by atoms with E-state index in [0.717, 1.165) is 6.54 Å². The number of hydrogen-bond donors (Lipinski definition) is 2. The molecule has 0 aliphatic heterocycles. The Kier molecular flexibility index (Phi) is 4.72. The van der Waals surface area contributed by atoms with Gasteiger partial charge < -0.3 is 10.6 Å². The molecule has 2 N–H and O–H groups in total. The predicted octanol–water partition coefficient (Wildman–Crippen LogP) is 4.31. The lowest BCUT2D eigenvalue weighted by molar-refractivity contribution is 0.250. The van der Waals surface area contributed by atoms with Crippen LogP contribution in [0, 0.1) is 5.92 Å². The summed E-state index contributed by atoms with van der Waals surface area (Å²) < 4.78 is 0. The number of hydrogen-bond acceptors (Lipinski definition) is 1. The van der Waals surface area contributed by atoms with Crippen LogP contribution in [0.3, 0.4) is 0 Å². The third-order valence-electron chi connectivity index (χ3n) is 3.15. The van der Waals surface area contributed by atoms with E-state index in [9.17, 15) is 4.79 Å². The second kappa shape index (κ2) is 6.30. The zero-order valence-electron chi connectivity index (χ0n) is 10.0. The maximum absolute atomic E-state index is 11.7. The topological polar surface area (TPSA) is 41.1 Å². The lowest BCUT2D eigenvalue weighted by atomic mass is 10.1. The van der Waals surface area contributed by atoms with Gasteiger partial charge in [0, 0.05) is 22.3 Å². The first-order valence-electron chi connectivity index (χ1n) is 6.14. The first-order valence-corrected chi connectivity index (χ1v) is 6.90. The van der Waals surface area contributed by atoms with E-state index in [0.29, 0.717) is 21.7 Å². The Labute approximate surface area is 117 Å². The Balaban J connectivity index is 1.82. The van der Waals surface area contributed by atoms with Gasteiger partial charge in [0.05, 0.1) is 0 Å². The third kappa shape index (κ3) is 4.07. The monoisotopic (exact) mass is 286 g/mol. The van der Waals surface area contributed by atoms with Crippen LogP contribution in [0.15, 0.2) is 18.2 Å². The van der Waals surface area contributed by atoms with Crippen molar-refractivity contribution in [2.24, 2.45) is 5.92 Å². The molecule has 2 rings (SSSR count). The highest BCUT2D eigenvalue weighted by molar-refractivity contribution is 6.35. The van der Waals surface area contributed by atoms with Crippen molar-refractivity contribution in [3.8, 4) is 0 Å². The Hall–Kier alpha value is -0.930. The zero-order valence-corrected chi connectivity index (χ0v) is 11.5. The van der Waals surface area contributed by atoms with Gasteiger partial charge in [-0.25, -0.2) is 4.79 Å². The summed E-state index contributed by atoms with van der Waals surface area (Å²) in [7, 11) is 0. The Morgan fingerprint density at radius 1 is 1.17 bits per heavy atom. The summed E-state index contributed by atoms with van der Waals surface area (Å²) in [6.45, 7) is 0.736. The summed E-state index contributed by atoms with van der Waals surface area (Å²) in [6, 6.07) is 4.76. The molecule has 1 aliphatic carbocycles. The maximum atomic E-state index is 11.7. The number of halogens is 2. The van der Waals surface area contributed by atoms with Crippen LogP contribution in [0.4, 0.5) is 10.5 Å². The SMILES string of the molecule is O=C(NCC1CCCC1)Nc1cc(Cl)cc(Cl)c1. The van der Waals surface area contributed by atoms with Gasteiger partial charge >= 0.3 is 6.03 Å². The van der Waals surface area contributed by atoms with Crippen molar-refractivity contribution < 1.29 is 4.79 Å². The van der Waals surface area contributed by atoms with Gasteiger partial charge in [-0.2, -0.15) is 0 Å². The molecule has 0 unspecified atom stereocenters. The number of carbonyl (C=O) groups excluding carboxylic acids is 1. The standard InChI is InChI=1S/C13H16Cl2N2O/c14-10-5-11(15)7-12(6-10)17-13(18)16-8-9-3-1-2-4-9/h5-7,9H,1-4,8H2,(H2,16,17,18). The van der Waals surface area contributed by atoms with E-state index in [4.69, 9.17) is 23.2 Å². The quantitative estimate of drug-likeness (QED) is 0.854. The predicted molar refractivity (Wildman–Crippen MR) is 75.4 cm³/mol. The fourth-order valence-corrected chi connectivity index (χ4v) is 2.78. The normalized spacial score (nSPS) is 15.7. The summed E-state index contributed by atoms with van der Waals surface area (Å²) in [6.07, 6.45) is 4.97. The number of carbonyl (C=O) groups is 1. The molecule has 1 fully saturated rings. The van der Waals surface area contributed by atoms with E-state index in [1.807, 2.05) is 0 Å². The van der Waals surface area contributed by atoms with E-state index in [1.54, 1.807) is 18.2 Å². The first kappa shape index (κ1) is 13.5. The largest absolute Gasteiger partial charge is 0.338 e. The van der Waals surface area contributed by atoms with E-state index in [-0.39, 0.29) is 6.03 Å². The molecule has 1 aromatic carbocycles. The van der Waals surface area contributed by atoms with E-state index >= 15 is 0 Å². The van der Waals surface area contributed by atoms with Crippen molar-refractivity contribution in [2.45, 2.75) is 25.7 Å². The third-order valence-corrected chi connectivity index (χ3v) is 3.58. The van der Waals surface area contributed by atoms with Crippen molar-refractivity contribution in [1.29, 1.82) is 0 Å². The molecule has 18 heavy (non-hydrogen) atoms. The van der Waals surface area contributed by atoms with Crippen molar-refractivity contribution in [1.82, 2.24) is 5.32 Å². The summed E-state index contributed by atoms with van der Waals surface area (Å²) in [4.78, 5) is 11.7. The Bertz CT molecular complexity index is 411. The Morgan fingerprint density at radius 2 is 1.78 bits per heavy atom. The summed E-state index contributed by atoms with van der Waals surface area (Å²) in [5.74, 6) is 0.624. The van der Waals surface area contributed by atoms with Crippen molar-refractivity contribution in [3.05, 3.63) is 28.2 Å². The van der Waals surface area contributed by atoms with Gasteiger partial charge in [0.25, 0.3) is 0 Å². The average Bonchev–Trinajstić information content (AvgIpc) is 2.77. The molecule has 0 atom stereocenters. The molecule has 1 aliphatic rings. The number of anilines is 1. The molecule has 0 aromatic heterocycles. The molecular formula is C13H16Cl2N2O. The van der Waals surface area contributed by atoms with E-state index in [2.05, 4.69) is 10.6 Å². The van der Waals surface area contributed by atoms with Crippen molar-refractivity contribution in [2.75, 3.05) is 11.9 Å². The van der Waals surface area contributed by atoms with Gasteiger partial charge in [0.1, 0.15) is 0 Å². The second-order valence-electron chi connectivity index (χ2n) is 4.64. The van der Waals surface area contributed by atoms with Crippen LogP contribution >= 0.6 is 23.2 Å². The molecule has 0 heterocycles. The van der Waals surface area contributed by atoms with Crippen LogP contribution in [0.5, 0.6) is 0 Å². The van der Waals surface area contributed by atoms with Crippen LogP contribution in [0.1, 0.15) is 25.7 Å². The highest BCUT2D eigenvalue weighted by Crippen LogP contribution is 2.24. The minimum atomic E-state index is -0.208. The fourth-order valence-electron chi connectivity index (χ4n) is 2.25. The minimum absolute atomic E-state index is 0.208. The second-order valence-corrected chi connectivity index (χ2v) is 5.52. The number of urea groups is 1. The number of benzene rings is 1. The molecule has 0 radical (unpaired) electrons. The van der Waals surface area contributed by atoms with Gasteiger partial charge in [-0.3, -0.25) is 0 Å². The smallest absolute Gasteiger partial charge is 0.319 e. The summed E-state index contributed by atoms with van der Waals surface area (Å²) in [5, 5.41) is 6.62. The fraction of sp³-hybridized carbons (Fsp3) is 0.462. The maximum Gasteiger partial charge on any atom is 0.319 e. The van der Waals surface area contributed by atoms with Crippen molar-refractivity contribution >= 4 is 34.9 Å². The molecular weight excluding hydrogens is 271 g/mol. The molecule has 5 heteroatoms. The van der Waals surface area contributed by atoms with Gasteiger partial charge in [0.2, 0.25) is 0 Å². The lowest BCUT2D eigenvalue weighted by Crippen LogP contribution is -2.32. The average molecular weight is 287 g/mol. The van der Waals surface area contributed by atoms with E-state index in [1.165, 1.54) is 25.7 Å². The lowest BCUT2D eigenvalue weighted by Gasteiger charge is -2.12. The van der Waals surface area contributed by atoms with Crippen LogP contribution < -0.4 is 10.6 Å². The summed E-state index contributed by atoms with van der Waals surface area (Å²) >= 11 is 11.7. The molecule has 1 saturated carbocycles. The van der Waals surface area contributed by atoms with Gasteiger partial charge in [-0.05, 0) is 37.0 Å². The number of rotatable bonds is 3. The van der Waals surface area contributed by atoms with Gasteiger partial charge in [-0.15, -0.1) is 0 Å². The first-order chi connectivity index (χ1) is 8.63. The van der Waals surface area contributed by atoms with Gasteiger partial charge in [-0.1, -0.05) is 36.0 Å².